The Labute approximate surface area is 66.8 Å². The van der Waals surface area contributed by atoms with Crippen LogP contribution in [-0.2, 0) is 4.74 Å². The zero-order valence-corrected chi connectivity index (χ0v) is 6.63. The summed E-state index contributed by atoms with van der Waals surface area (Å²) in [6.07, 6.45) is 6.13. The second-order valence-corrected chi connectivity index (χ2v) is 2.31. The fourth-order valence-corrected chi connectivity index (χ4v) is 0.833. The van der Waals surface area contributed by atoms with Crippen molar-refractivity contribution in [1.82, 2.24) is 5.32 Å². The maximum Gasteiger partial charge on any atom is 0.285 e. The van der Waals surface area contributed by atoms with Gasteiger partial charge in [-0.1, -0.05) is 12.8 Å². The minimum atomic E-state index is 0.0480. The van der Waals surface area contributed by atoms with Crippen molar-refractivity contribution in [2.75, 3.05) is 13.2 Å². The third-order valence-corrected chi connectivity index (χ3v) is 1.49. The van der Waals surface area contributed by atoms with Crippen LogP contribution in [0, 0.1) is 12.3 Å². The summed E-state index contributed by atoms with van der Waals surface area (Å²) in [5.41, 5.74) is 0. The largest absolute Gasteiger partial charge is 0.463 e. The van der Waals surface area contributed by atoms with E-state index in [2.05, 4.69) is 16.2 Å². The summed E-state index contributed by atoms with van der Waals surface area (Å²) in [6, 6.07) is 0.640. The summed E-state index contributed by atoms with van der Waals surface area (Å²) in [5.74, 6) is 2.61. The molecule has 0 aliphatic carbocycles. The molecule has 0 amide bonds. The van der Waals surface area contributed by atoms with E-state index in [4.69, 9.17) is 11.2 Å². The Bertz CT molecular complexity index is 193. The highest BCUT2D eigenvalue weighted by Gasteiger charge is 2.09. The Kier molecular flexibility index (Phi) is 2.79. The van der Waals surface area contributed by atoms with Crippen LogP contribution in [0.15, 0.2) is 4.99 Å². The number of nitrogens with zero attached hydrogens (tertiary/aromatic N) is 1. The van der Waals surface area contributed by atoms with Crippen LogP contribution in [0.2, 0.25) is 0 Å². The Hall–Kier alpha value is -1.17. The molecule has 0 fully saturated rings. The van der Waals surface area contributed by atoms with Gasteiger partial charge in [-0.3, -0.25) is 0 Å². The number of hydrogen-bond acceptors (Lipinski definition) is 3. The molecule has 1 N–H and O–H groups in total. The highest BCUT2D eigenvalue weighted by Crippen LogP contribution is 1.94. The molecule has 0 aromatic carbocycles. The Morgan fingerprint density at radius 1 is 1.91 bits per heavy atom. The molecule has 0 bridgehead atoms. The molecule has 1 aliphatic rings. The molecule has 1 aliphatic heterocycles. The lowest BCUT2D eigenvalue weighted by atomic mass is 10.2. The first kappa shape index (κ1) is 7.93. The average molecular weight is 152 g/mol. The first-order valence-electron chi connectivity index (χ1n) is 3.76. The summed E-state index contributed by atoms with van der Waals surface area (Å²) < 4.78 is 5.13. The van der Waals surface area contributed by atoms with Gasteiger partial charge in [0.15, 0.2) is 0 Å². The highest BCUT2D eigenvalue weighted by molar-refractivity contribution is 5.75. The molecule has 60 valence electrons. The summed E-state index contributed by atoms with van der Waals surface area (Å²) in [6.45, 7) is 3.43. The number of nitrogens with one attached hydrogen (secondary N) is 1. The molecule has 0 saturated carbocycles. The van der Waals surface area contributed by atoms with Crippen LogP contribution < -0.4 is 5.32 Å². The molecule has 3 heteroatoms. The van der Waals surface area contributed by atoms with Crippen molar-refractivity contribution >= 4 is 6.02 Å². The third kappa shape index (κ3) is 2.15. The maximum absolute atomic E-state index is 5.24. The first-order valence-corrected chi connectivity index (χ1v) is 3.76. The Balaban J connectivity index is 2.34. The molecule has 0 saturated heterocycles. The zero-order valence-electron chi connectivity index (χ0n) is 6.63. The lowest BCUT2D eigenvalue weighted by molar-refractivity contribution is 0.328. The van der Waals surface area contributed by atoms with Crippen LogP contribution in [0.1, 0.15) is 13.3 Å². The molecular weight excluding hydrogens is 140 g/mol. The van der Waals surface area contributed by atoms with E-state index in [9.17, 15) is 0 Å². The van der Waals surface area contributed by atoms with Crippen LogP contribution in [0.3, 0.4) is 0 Å². The van der Waals surface area contributed by atoms with Gasteiger partial charge in [0.2, 0.25) is 0 Å². The standard InChI is InChI=1S/C8H12N2O/c1-3-7(4-2)10-8-9-5-6-11-8/h1,7H,4-6H2,2H3,(H,9,10). The lowest BCUT2D eigenvalue weighted by Crippen LogP contribution is -2.33. The van der Waals surface area contributed by atoms with Gasteiger partial charge in [-0.2, -0.15) is 0 Å². The number of ether oxygens (including phenoxy) is 1. The van der Waals surface area contributed by atoms with Gasteiger partial charge in [0, 0.05) is 0 Å². The monoisotopic (exact) mass is 152 g/mol. The van der Waals surface area contributed by atoms with E-state index in [1.54, 1.807) is 0 Å². The highest BCUT2D eigenvalue weighted by atomic mass is 16.5. The average Bonchev–Trinajstić information content (AvgIpc) is 2.52. The molecule has 0 aromatic heterocycles. The van der Waals surface area contributed by atoms with Crippen molar-refractivity contribution in [1.29, 1.82) is 0 Å². The summed E-state index contributed by atoms with van der Waals surface area (Å²) >= 11 is 0. The Morgan fingerprint density at radius 2 is 2.73 bits per heavy atom. The molecule has 1 atom stereocenters. The van der Waals surface area contributed by atoms with Gasteiger partial charge in [0.25, 0.3) is 6.02 Å². The van der Waals surface area contributed by atoms with Crippen molar-refractivity contribution in [2.45, 2.75) is 19.4 Å². The molecule has 3 nitrogen and oxygen atoms in total. The fourth-order valence-electron chi connectivity index (χ4n) is 0.833. The predicted molar refractivity (Wildman–Crippen MR) is 44.3 cm³/mol. The van der Waals surface area contributed by atoms with Gasteiger partial charge in [-0.25, -0.2) is 4.99 Å². The third-order valence-electron chi connectivity index (χ3n) is 1.49. The minimum Gasteiger partial charge on any atom is -0.463 e. The molecule has 1 heterocycles. The topological polar surface area (TPSA) is 33.6 Å². The van der Waals surface area contributed by atoms with E-state index < -0.39 is 0 Å². The Morgan fingerprint density at radius 3 is 3.18 bits per heavy atom. The second kappa shape index (κ2) is 3.87. The van der Waals surface area contributed by atoms with Crippen molar-refractivity contribution < 1.29 is 4.74 Å². The molecule has 1 rings (SSSR count). The van der Waals surface area contributed by atoms with Crippen LogP contribution >= 0.6 is 0 Å². The van der Waals surface area contributed by atoms with Gasteiger partial charge < -0.3 is 10.1 Å². The summed E-state index contributed by atoms with van der Waals surface area (Å²) in [7, 11) is 0. The predicted octanol–water partition coefficient (Wildman–Crippen LogP) is 0.374. The number of amidine groups is 1. The van der Waals surface area contributed by atoms with Gasteiger partial charge in [-0.15, -0.1) is 6.42 Å². The van der Waals surface area contributed by atoms with Crippen molar-refractivity contribution in [2.24, 2.45) is 4.99 Å². The summed E-state index contributed by atoms with van der Waals surface area (Å²) in [4.78, 5) is 4.06. The van der Waals surface area contributed by atoms with Crippen molar-refractivity contribution in [3.05, 3.63) is 0 Å². The second-order valence-electron chi connectivity index (χ2n) is 2.31. The molecule has 0 radical (unpaired) electrons. The normalized spacial score (nSPS) is 18.0. The van der Waals surface area contributed by atoms with Gasteiger partial charge in [0.05, 0.1) is 12.6 Å². The molecular formula is C8H12N2O. The lowest BCUT2D eigenvalue weighted by Gasteiger charge is -2.10. The summed E-state index contributed by atoms with van der Waals surface area (Å²) in [5, 5.41) is 3.01. The van der Waals surface area contributed by atoms with Crippen LogP contribution in [0.5, 0.6) is 0 Å². The van der Waals surface area contributed by atoms with Crippen molar-refractivity contribution in [3.63, 3.8) is 0 Å². The van der Waals surface area contributed by atoms with E-state index in [0.717, 1.165) is 13.0 Å². The van der Waals surface area contributed by atoms with Crippen LogP contribution in [-0.4, -0.2) is 25.2 Å². The van der Waals surface area contributed by atoms with E-state index in [1.807, 2.05) is 6.92 Å². The smallest absolute Gasteiger partial charge is 0.285 e. The van der Waals surface area contributed by atoms with Gasteiger partial charge >= 0.3 is 0 Å². The van der Waals surface area contributed by atoms with Gasteiger partial charge in [-0.05, 0) is 6.42 Å². The van der Waals surface area contributed by atoms with Crippen LogP contribution in [0.4, 0.5) is 0 Å². The fraction of sp³-hybridized carbons (Fsp3) is 0.625. The van der Waals surface area contributed by atoms with E-state index in [1.165, 1.54) is 0 Å². The molecule has 11 heavy (non-hydrogen) atoms. The van der Waals surface area contributed by atoms with E-state index in [-0.39, 0.29) is 6.04 Å². The van der Waals surface area contributed by atoms with Crippen LogP contribution in [0.25, 0.3) is 0 Å². The van der Waals surface area contributed by atoms with Crippen molar-refractivity contribution in [3.8, 4) is 12.3 Å². The minimum absolute atomic E-state index is 0.0480. The molecule has 0 spiro atoms. The SMILES string of the molecule is C#CC(CC)NC1=NCCO1. The van der Waals surface area contributed by atoms with E-state index in [0.29, 0.717) is 12.6 Å². The first-order chi connectivity index (χ1) is 5.36. The molecule has 0 aromatic rings. The number of aliphatic imine (C=N–C) groups is 1. The zero-order chi connectivity index (χ0) is 8.10. The molecule has 1 unspecified atom stereocenters. The van der Waals surface area contributed by atoms with Gasteiger partial charge in [0.1, 0.15) is 6.61 Å². The number of hydrogen-bond donors (Lipinski definition) is 1. The number of terminal acetylenes is 1. The quantitative estimate of drug-likeness (QED) is 0.580. The van der Waals surface area contributed by atoms with E-state index >= 15 is 0 Å². The maximum atomic E-state index is 5.24. The number of rotatable bonds is 2.